The van der Waals surface area contributed by atoms with E-state index in [0.717, 1.165) is 41.5 Å². The van der Waals surface area contributed by atoms with Gasteiger partial charge >= 0.3 is 0 Å². The first kappa shape index (κ1) is 11.6. The Labute approximate surface area is 109 Å². The topological polar surface area (TPSA) is 0 Å². The largest absolute Gasteiger partial charge is 0.103 e. The van der Waals surface area contributed by atoms with Crippen LogP contribution in [0.15, 0.2) is 34.9 Å². The summed E-state index contributed by atoms with van der Waals surface area (Å²) in [6, 6.07) is 0. The van der Waals surface area contributed by atoms with E-state index in [4.69, 9.17) is 11.6 Å². The van der Waals surface area contributed by atoms with E-state index in [-0.39, 0.29) is 0 Å². The molecule has 0 aromatic rings. The fourth-order valence-corrected chi connectivity index (χ4v) is 4.58. The summed E-state index contributed by atoms with van der Waals surface area (Å²) >= 11 is 6.41. The lowest BCUT2D eigenvalue weighted by atomic mass is 9.71. The summed E-state index contributed by atoms with van der Waals surface area (Å²) in [5.74, 6) is 3.22. The summed E-state index contributed by atoms with van der Waals surface area (Å²) in [7, 11) is 0. The van der Waals surface area contributed by atoms with Crippen LogP contribution in [-0.2, 0) is 0 Å². The second kappa shape index (κ2) is 4.31. The summed E-state index contributed by atoms with van der Waals surface area (Å²) in [6.45, 7) is 6.43. The predicted octanol–water partition coefficient (Wildman–Crippen LogP) is 5.07. The summed E-state index contributed by atoms with van der Waals surface area (Å²) in [5, 5.41) is 1.15. The molecule has 3 rings (SSSR count). The van der Waals surface area contributed by atoms with E-state index < -0.39 is 0 Å². The van der Waals surface area contributed by atoms with Crippen LogP contribution < -0.4 is 0 Å². The van der Waals surface area contributed by atoms with E-state index >= 15 is 0 Å². The molecule has 0 saturated heterocycles. The van der Waals surface area contributed by atoms with Crippen molar-refractivity contribution >= 4 is 11.6 Å². The molecule has 0 nitrogen and oxygen atoms in total. The zero-order chi connectivity index (χ0) is 12.0. The van der Waals surface area contributed by atoms with Crippen LogP contribution in [0.3, 0.4) is 0 Å². The molecule has 0 amide bonds. The third-order valence-electron chi connectivity index (χ3n) is 5.10. The van der Waals surface area contributed by atoms with E-state index in [0.29, 0.717) is 0 Å². The Bertz CT molecular complexity index is 402. The average Bonchev–Trinajstić information content (AvgIpc) is 2.62. The van der Waals surface area contributed by atoms with Crippen LogP contribution in [0.5, 0.6) is 0 Å². The van der Waals surface area contributed by atoms with Crippen molar-refractivity contribution in [1.29, 1.82) is 0 Å². The van der Waals surface area contributed by atoms with Crippen LogP contribution in [0.4, 0.5) is 0 Å². The maximum atomic E-state index is 6.41. The molecule has 0 spiro atoms. The second-order valence-electron chi connectivity index (χ2n) is 6.01. The van der Waals surface area contributed by atoms with E-state index in [1.165, 1.54) is 24.8 Å². The maximum Gasteiger partial charge on any atom is 0.0218 e. The van der Waals surface area contributed by atoms with E-state index in [2.05, 4.69) is 25.7 Å². The summed E-state index contributed by atoms with van der Waals surface area (Å²) in [5.41, 5.74) is 3.06. The van der Waals surface area contributed by atoms with Gasteiger partial charge in [0.05, 0.1) is 0 Å². The second-order valence-corrected chi connectivity index (χ2v) is 6.47. The number of hydrogen-bond acceptors (Lipinski definition) is 0. The molecule has 0 heterocycles. The summed E-state index contributed by atoms with van der Waals surface area (Å²) in [6.07, 6.45) is 10.7. The lowest BCUT2D eigenvalue weighted by Crippen LogP contribution is -2.23. The molecule has 1 heteroatoms. The highest BCUT2D eigenvalue weighted by molar-refractivity contribution is 6.30. The third-order valence-corrected chi connectivity index (χ3v) is 5.51. The Morgan fingerprint density at radius 2 is 2.24 bits per heavy atom. The smallest absolute Gasteiger partial charge is 0.0218 e. The van der Waals surface area contributed by atoms with Gasteiger partial charge in [0.25, 0.3) is 0 Å². The van der Waals surface area contributed by atoms with E-state index in [9.17, 15) is 0 Å². The molecule has 2 fully saturated rings. The lowest BCUT2D eigenvalue weighted by molar-refractivity contribution is 0.313. The maximum absolute atomic E-state index is 6.41. The van der Waals surface area contributed by atoms with Crippen LogP contribution in [0.1, 0.15) is 39.0 Å². The van der Waals surface area contributed by atoms with Crippen molar-refractivity contribution in [3.63, 3.8) is 0 Å². The summed E-state index contributed by atoms with van der Waals surface area (Å²) < 4.78 is 0. The van der Waals surface area contributed by atoms with Crippen molar-refractivity contribution < 1.29 is 0 Å². The molecule has 92 valence electrons. The number of halogens is 1. The lowest BCUT2D eigenvalue weighted by Gasteiger charge is -2.34. The first-order valence-corrected chi connectivity index (χ1v) is 7.28. The standard InChI is InChI=1S/C16H21Cl/c1-3-13-10(2)7-12-9-15-11(8-14(12)13)5-4-6-16(15)17/h3,5,10,12-14H,1,4,6-9H2,2H3/t10-,12?,13?,14?/m1/s1. The van der Waals surface area contributed by atoms with Gasteiger partial charge in [-0.05, 0) is 66.9 Å². The van der Waals surface area contributed by atoms with Gasteiger partial charge in [-0.25, -0.2) is 0 Å². The van der Waals surface area contributed by atoms with E-state index in [1.54, 1.807) is 5.57 Å². The first-order valence-electron chi connectivity index (χ1n) is 6.90. The summed E-state index contributed by atoms with van der Waals surface area (Å²) in [4.78, 5) is 0. The van der Waals surface area contributed by atoms with Gasteiger partial charge in [-0.15, -0.1) is 6.58 Å². The highest BCUT2D eigenvalue weighted by atomic mass is 35.5. The average molecular weight is 249 g/mol. The van der Waals surface area contributed by atoms with Crippen molar-refractivity contribution in [2.24, 2.45) is 23.7 Å². The molecule has 0 radical (unpaired) electrons. The van der Waals surface area contributed by atoms with Gasteiger partial charge < -0.3 is 0 Å². The molecule has 0 aliphatic heterocycles. The van der Waals surface area contributed by atoms with Crippen LogP contribution in [-0.4, -0.2) is 0 Å². The van der Waals surface area contributed by atoms with Crippen LogP contribution in [0.2, 0.25) is 0 Å². The van der Waals surface area contributed by atoms with Gasteiger partial charge in [0.1, 0.15) is 0 Å². The normalized spacial score (nSPS) is 40.7. The molecule has 0 bridgehead atoms. The van der Waals surface area contributed by atoms with Gasteiger partial charge in [0, 0.05) is 5.03 Å². The molecule has 3 aliphatic rings. The van der Waals surface area contributed by atoms with Crippen LogP contribution in [0.25, 0.3) is 0 Å². The Hall–Kier alpha value is -0.490. The Morgan fingerprint density at radius 3 is 3.00 bits per heavy atom. The zero-order valence-electron chi connectivity index (χ0n) is 10.6. The van der Waals surface area contributed by atoms with Crippen LogP contribution >= 0.6 is 11.6 Å². The molecule has 0 aromatic heterocycles. The minimum absolute atomic E-state index is 0.725. The molecule has 4 atom stereocenters. The Morgan fingerprint density at radius 1 is 1.41 bits per heavy atom. The SMILES string of the molecule is C=CC1C2CC3=CCCC(Cl)=C3CC2C[C@H]1C. The quantitative estimate of drug-likeness (QED) is 0.569. The fraction of sp³-hybridized carbons (Fsp3) is 0.625. The van der Waals surface area contributed by atoms with Crippen LogP contribution in [0, 0.1) is 23.7 Å². The Balaban J connectivity index is 1.90. The Kier molecular flexibility index (Phi) is 2.94. The van der Waals surface area contributed by atoms with Crippen molar-refractivity contribution in [2.75, 3.05) is 0 Å². The molecular formula is C16H21Cl. The zero-order valence-corrected chi connectivity index (χ0v) is 11.3. The highest BCUT2D eigenvalue weighted by Gasteiger charge is 2.43. The molecule has 17 heavy (non-hydrogen) atoms. The van der Waals surface area contributed by atoms with Crippen molar-refractivity contribution in [3.05, 3.63) is 34.9 Å². The van der Waals surface area contributed by atoms with Gasteiger partial charge in [-0.2, -0.15) is 0 Å². The minimum Gasteiger partial charge on any atom is -0.103 e. The van der Waals surface area contributed by atoms with Crippen molar-refractivity contribution in [2.45, 2.75) is 39.0 Å². The minimum atomic E-state index is 0.725. The highest BCUT2D eigenvalue weighted by Crippen LogP contribution is 2.53. The van der Waals surface area contributed by atoms with Gasteiger partial charge in [-0.3, -0.25) is 0 Å². The number of fused-ring (bicyclic) bond motifs is 2. The first-order chi connectivity index (χ1) is 8.20. The molecule has 2 saturated carbocycles. The third kappa shape index (κ3) is 1.81. The fourth-order valence-electron chi connectivity index (χ4n) is 4.28. The van der Waals surface area contributed by atoms with Crippen molar-refractivity contribution in [1.82, 2.24) is 0 Å². The van der Waals surface area contributed by atoms with Gasteiger partial charge in [-0.1, -0.05) is 30.7 Å². The molecule has 0 N–H and O–H groups in total. The predicted molar refractivity (Wildman–Crippen MR) is 73.9 cm³/mol. The molecule has 3 unspecified atom stereocenters. The van der Waals surface area contributed by atoms with Gasteiger partial charge in [0.2, 0.25) is 0 Å². The van der Waals surface area contributed by atoms with Gasteiger partial charge in [0.15, 0.2) is 0 Å². The molecular weight excluding hydrogens is 228 g/mol. The number of rotatable bonds is 1. The monoisotopic (exact) mass is 248 g/mol. The van der Waals surface area contributed by atoms with E-state index in [1.807, 2.05) is 0 Å². The number of allylic oxidation sites excluding steroid dienone is 5. The van der Waals surface area contributed by atoms with Crippen molar-refractivity contribution in [3.8, 4) is 0 Å². The molecule has 0 aromatic carbocycles. The molecule has 3 aliphatic carbocycles. The number of hydrogen-bond donors (Lipinski definition) is 0.